The molecule has 0 atom stereocenters. The topological polar surface area (TPSA) is 102 Å². The highest BCUT2D eigenvalue weighted by atomic mass is 16.4. The maximum atomic E-state index is 12.8. The molecule has 3 N–H and O–H groups in total. The van der Waals surface area contributed by atoms with Gasteiger partial charge in [-0.3, -0.25) is 9.59 Å². The van der Waals surface area contributed by atoms with Crippen LogP contribution in [0.25, 0.3) is 21.8 Å². The predicted octanol–water partition coefficient (Wildman–Crippen LogP) is 4.94. The van der Waals surface area contributed by atoms with Gasteiger partial charge in [0, 0.05) is 28.4 Å². The third-order valence-corrected chi connectivity index (χ3v) is 6.01. The van der Waals surface area contributed by atoms with Crippen LogP contribution in [-0.2, 0) is 17.8 Å². The van der Waals surface area contributed by atoms with Crippen molar-refractivity contribution in [2.45, 2.75) is 39.2 Å². The summed E-state index contributed by atoms with van der Waals surface area (Å²) < 4.78 is 2.04. The Balaban J connectivity index is 2.09. The first-order valence-electron chi connectivity index (χ1n) is 11.1. The number of fused-ring (bicyclic) bond motifs is 3. The van der Waals surface area contributed by atoms with Gasteiger partial charge in [0.05, 0.1) is 11.0 Å². The van der Waals surface area contributed by atoms with E-state index < -0.39 is 17.7 Å². The highest BCUT2D eigenvalue weighted by molar-refractivity contribution is 6.43. The molecule has 1 amide bonds. The molecule has 0 aliphatic rings. The van der Waals surface area contributed by atoms with Crippen molar-refractivity contribution in [1.82, 2.24) is 4.57 Å². The number of primary amides is 1. The minimum atomic E-state index is -1.53. The summed E-state index contributed by atoms with van der Waals surface area (Å²) in [5.74, 6) is -3.14. The van der Waals surface area contributed by atoms with E-state index >= 15 is 0 Å². The molecule has 0 saturated carbocycles. The van der Waals surface area contributed by atoms with Gasteiger partial charge in [-0.1, -0.05) is 56.2 Å². The highest BCUT2D eigenvalue weighted by Gasteiger charge is 2.25. The number of carboxylic acids is 1. The van der Waals surface area contributed by atoms with Crippen molar-refractivity contribution < 1.29 is 19.5 Å². The van der Waals surface area contributed by atoms with Crippen LogP contribution in [0.4, 0.5) is 0 Å². The Morgan fingerprint density at radius 2 is 1.58 bits per heavy atom. The van der Waals surface area contributed by atoms with E-state index in [1.165, 1.54) is 0 Å². The van der Waals surface area contributed by atoms with Crippen molar-refractivity contribution in [3.63, 3.8) is 0 Å². The van der Waals surface area contributed by atoms with Crippen LogP contribution in [-0.4, -0.2) is 27.3 Å². The minimum Gasteiger partial charge on any atom is -0.475 e. The van der Waals surface area contributed by atoms with Crippen LogP contribution in [0.1, 0.15) is 58.0 Å². The second kappa shape index (κ2) is 9.28. The summed E-state index contributed by atoms with van der Waals surface area (Å²) in [6.07, 6.45) is 3.77. The lowest BCUT2D eigenvalue weighted by Crippen LogP contribution is -2.14. The van der Waals surface area contributed by atoms with Gasteiger partial charge in [0.1, 0.15) is 0 Å². The maximum Gasteiger partial charge on any atom is 0.377 e. The lowest BCUT2D eigenvalue weighted by Gasteiger charge is -2.10. The average molecular weight is 443 g/mol. The lowest BCUT2D eigenvalue weighted by atomic mass is 9.95. The molecule has 3 aromatic carbocycles. The van der Waals surface area contributed by atoms with Crippen molar-refractivity contribution >= 4 is 39.5 Å². The van der Waals surface area contributed by atoms with Crippen LogP contribution >= 0.6 is 0 Å². The minimum absolute atomic E-state index is 0.0945. The van der Waals surface area contributed by atoms with Crippen LogP contribution < -0.4 is 5.73 Å². The van der Waals surface area contributed by atoms with E-state index in [0.717, 1.165) is 47.8 Å². The molecule has 0 radical (unpaired) electrons. The lowest BCUT2D eigenvalue weighted by molar-refractivity contribution is -0.131. The van der Waals surface area contributed by atoms with E-state index in [9.17, 15) is 19.5 Å². The van der Waals surface area contributed by atoms with E-state index in [1.54, 1.807) is 18.2 Å². The van der Waals surface area contributed by atoms with Crippen molar-refractivity contribution in [2.24, 2.45) is 5.73 Å². The van der Waals surface area contributed by atoms with E-state index in [0.29, 0.717) is 17.3 Å². The number of aromatic nitrogens is 1. The molecule has 0 aliphatic carbocycles. The van der Waals surface area contributed by atoms with Gasteiger partial charge < -0.3 is 15.4 Å². The van der Waals surface area contributed by atoms with Gasteiger partial charge in [-0.15, -0.1) is 0 Å². The SMILES string of the molecule is CCCCCc1cc(C(=O)C(=O)O)c2c3c(C(N)=O)cccc3n(Cc3ccccc3)c2c1. The number of aliphatic carboxylic acids is 1. The number of carboxylic acid groups (broad SMARTS) is 1. The van der Waals surface area contributed by atoms with Crippen molar-refractivity contribution in [3.05, 3.63) is 82.9 Å². The first-order chi connectivity index (χ1) is 15.9. The number of benzene rings is 3. The first-order valence-corrected chi connectivity index (χ1v) is 11.1. The van der Waals surface area contributed by atoms with Gasteiger partial charge in [-0.25, -0.2) is 4.79 Å². The van der Waals surface area contributed by atoms with Crippen molar-refractivity contribution in [1.29, 1.82) is 0 Å². The quantitative estimate of drug-likeness (QED) is 0.218. The number of nitrogens with zero attached hydrogens (tertiary/aromatic N) is 1. The Morgan fingerprint density at radius 3 is 2.24 bits per heavy atom. The predicted molar refractivity (Wildman–Crippen MR) is 129 cm³/mol. The molecule has 4 aromatic rings. The van der Waals surface area contributed by atoms with Crippen LogP contribution in [0.15, 0.2) is 60.7 Å². The zero-order valence-electron chi connectivity index (χ0n) is 18.5. The molecular weight excluding hydrogens is 416 g/mol. The smallest absolute Gasteiger partial charge is 0.377 e. The second-order valence-electron chi connectivity index (χ2n) is 8.26. The summed E-state index contributed by atoms with van der Waals surface area (Å²) >= 11 is 0. The van der Waals surface area contributed by atoms with E-state index in [4.69, 9.17) is 5.73 Å². The van der Waals surface area contributed by atoms with Crippen LogP contribution in [0, 0.1) is 0 Å². The number of amides is 1. The fourth-order valence-electron chi connectivity index (χ4n) is 4.48. The summed E-state index contributed by atoms with van der Waals surface area (Å²) in [7, 11) is 0. The average Bonchev–Trinajstić information content (AvgIpc) is 3.12. The molecule has 0 fully saturated rings. The number of rotatable bonds is 9. The summed E-state index contributed by atoms with van der Waals surface area (Å²) in [4.78, 5) is 36.8. The number of Topliss-reactive ketones (excluding diaryl/α,β-unsaturated/α-hetero) is 1. The molecule has 33 heavy (non-hydrogen) atoms. The van der Waals surface area contributed by atoms with Crippen molar-refractivity contribution in [3.8, 4) is 0 Å². The molecule has 6 heteroatoms. The molecule has 0 spiro atoms. The van der Waals surface area contributed by atoms with Crippen LogP contribution in [0.2, 0.25) is 0 Å². The van der Waals surface area contributed by atoms with Crippen LogP contribution in [0.5, 0.6) is 0 Å². The zero-order chi connectivity index (χ0) is 23.5. The monoisotopic (exact) mass is 442 g/mol. The summed E-state index contributed by atoms with van der Waals surface area (Å²) in [5.41, 5.74) is 9.44. The number of carbonyl (C=O) groups excluding carboxylic acids is 2. The first kappa shape index (κ1) is 22.3. The second-order valence-corrected chi connectivity index (χ2v) is 8.26. The zero-order valence-corrected chi connectivity index (χ0v) is 18.5. The van der Waals surface area contributed by atoms with Gasteiger partial charge in [-0.2, -0.15) is 0 Å². The molecule has 0 bridgehead atoms. The Kier molecular flexibility index (Phi) is 6.27. The van der Waals surface area contributed by atoms with Crippen molar-refractivity contribution in [2.75, 3.05) is 0 Å². The third kappa shape index (κ3) is 4.24. The number of carbonyl (C=O) groups is 3. The molecule has 6 nitrogen and oxygen atoms in total. The molecule has 4 rings (SSSR count). The number of unbranched alkanes of at least 4 members (excludes halogenated alkanes) is 2. The number of ketones is 1. The Hall–Kier alpha value is -3.93. The number of hydrogen-bond donors (Lipinski definition) is 2. The summed E-state index contributed by atoms with van der Waals surface area (Å²) in [6, 6.07) is 18.8. The molecule has 0 saturated heterocycles. The molecular formula is C27H26N2O4. The molecule has 0 unspecified atom stereocenters. The Bertz CT molecular complexity index is 1370. The molecule has 1 aromatic heterocycles. The largest absolute Gasteiger partial charge is 0.475 e. The fourth-order valence-corrected chi connectivity index (χ4v) is 4.48. The van der Waals surface area contributed by atoms with Crippen LogP contribution in [0.3, 0.4) is 0 Å². The van der Waals surface area contributed by atoms with Gasteiger partial charge in [0.15, 0.2) is 0 Å². The number of aryl methyl sites for hydroxylation is 1. The summed E-state index contributed by atoms with van der Waals surface area (Å²) in [5, 5.41) is 10.5. The van der Waals surface area contributed by atoms with Gasteiger partial charge in [0.25, 0.3) is 5.78 Å². The fraction of sp³-hybridized carbons (Fsp3) is 0.222. The van der Waals surface area contributed by atoms with Gasteiger partial charge >= 0.3 is 5.97 Å². The highest BCUT2D eigenvalue weighted by Crippen LogP contribution is 2.36. The van der Waals surface area contributed by atoms with Gasteiger partial charge in [-0.05, 0) is 48.2 Å². The number of nitrogens with two attached hydrogens (primary N) is 1. The number of hydrogen-bond acceptors (Lipinski definition) is 3. The Labute approximate surface area is 191 Å². The molecule has 1 heterocycles. The maximum absolute atomic E-state index is 12.8. The summed E-state index contributed by atoms with van der Waals surface area (Å²) in [6.45, 7) is 2.62. The van der Waals surface area contributed by atoms with E-state index in [1.807, 2.05) is 47.0 Å². The molecule has 168 valence electrons. The molecule has 0 aliphatic heterocycles. The Morgan fingerprint density at radius 1 is 0.848 bits per heavy atom. The third-order valence-electron chi connectivity index (χ3n) is 6.01. The standard InChI is InChI=1S/C27H26N2O4/c1-2-3-5-11-18-14-20(25(30)27(32)33)24-22(15-18)29(16-17-9-6-4-7-10-17)21-13-8-12-19(23(21)24)26(28)31/h4,6-10,12-15H,2-3,5,11,16H2,1H3,(H2,28,31)(H,32,33). The van der Waals surface area contributed by atoms with E-state index in [-0.39, 0.29) is 11.1 Å². The normalized spacial score (nSPS) is 11.2. The van der Waals surface area contributed by atoms with Gasteiger partial charge in [0.2, 0.25) is 5.91 Å². The van der Waals surface area contributed by atoms with E-state index in [2.05, 4.69) is 6.92 Å².